The molecule has 1 aliphatic rings. The molecule has 1 aliphatic carbocycles. The van der Waals surface area contributed by atoms with Gasteiger partial charge in [-0.2, -0.15) is 9.97 Å². The molecule has 0 aromatic carbocycles. The van der Waals surface area contributed by atoms with Crippen LogP contribution < -0.4 is 5.32 Å². The molecule has 2 aromatic rings. The molecule has 1 fully saturated rings. The Hall–Kier alpha value is -1.14. The molecule has 0 saturated heterocycles. The third kappa shape index (κ3) is 5.26. The quantitative estimate of drug-likeness (QED) is 0.261. The molecule has 0 radical (unpaired) electrons. The van der Waals surface area contributed by atoms with Gasteiger partial charge in [0.25, 0.3) is 0 Å². The van der Waals surface area contributed by atoms with E-state index in [4.69, 9.17) is 31.2 Å². The summed E-state index contributed by atoms with van der Waals surface area (Å²) in [5.41, 5.74) is 0.930. The average Bonchev–Trinajstić information content (AvgIpc) is 3.08. The SMILES string of the molecule is CNc1nc(Cl)nc2c1ncn2CC1[C@@H](COP(=O)(O)O)[C@H]1COP(=O)(O)O. The molecule has 3 atom stereocenters. The summed E-state index contributed by atoms with van der Waals surface area (Å²) in [6.45, 7) is -0.264. The van der Waals surface area contributed by atoms with Crippen LogP contribution in [0.1, 0.15) is 0 Å². The predicted molar refractivity (Wildman–Crippen MR) is 96.3 cm³/mol. The lowest BCUT2D eigenvalue weighted by Crippen LogP contribution is -2.05. The lowest BCUT2D eigenvalue weighted by Gasteiger charge is -2.06. The number of hydrogen-bond acceptors (Lipinski definition) is 8. The smallest absolute Gasteiger partial charge is 0.371 e. The van der Waals surface area contributed by atoms with Crippen molar-refractivity contribution in [2.45, 2.75) is 6.54 Å². The van der Waals surface area contributed by atoms with Crippen molar-refractivity contribution in [3.63, 3.8) is 0 Å². The number of halogens is 1. The molecular formula is C12H18ClN5O8P2. The molecule has 1 unspecified atom stereocenters. The number of phosphoric acid groups is 2. The Bertz CT molecular complexity index is 929. The van der Waals surface area contributed by atoms with Crippen molar-refractivity contribution in [1.82, 2.24) is 19.5 Å². The largest absolute Gasteiger partial charge is 0.469 e. The highest BCUT2D eigenvalue weighted by molar-refractivity contribution is 7.46. The van der Waals surface area contributed by atoms with Gasteiger partial charge in [0.05, 0.1) is 19.5 Å². The topological polar surface area (TPSA) is 189 Å². The number of phosphoric ester groups is 2. The van der Waals surface area contributed by atoms with E-state index in [1.807, 2.05) is 0 Å². The summed E-state index contributed by atoms with van der Waals surface area (Å²) in [4.78, 5) is 48.0. The van der Waals surface area contributed by atoms with E-state index >= 15 is 0 Å². The maximum atomic E-state index is 11.0. The lowest BCUT2D eigenvalue weighted by atomic mass is 10.3. The molecule has 28 heavy (non-hydrogen) atoms. The van der Waals surface area contributed by atoms with Crippen LogP contribution in [0.4, 0.5) is 5.82 Å². The zero-order valence-corrected chi connectivity index (χ0v) is 17.0. The number of anilines is 1. The minimum absolute atomic E-state index is 0.0113. The van der Waals surface area contributed by atoms with Crippen molar-refractivity contribution in [3.05, 3.63) is 11.6 Å². The van der Waals surface area contributed by atoms with Gasteiger partial charge < -0.3 is 29.5 Å². The number of hydrogen-bond donors (Lipinski definition) is 5. The van der Waals surface area contributed by atoms with Gasteiger partial charge in [0, 0.05) is 13.6 Å². The number of nitrogens with one attached hydrogen (secondary N) is 1. The molecule has 13 nitrogen and oxygen atoms in total. The summed E-state index contributed by atoms with van der Waals surface area (Å²) in [5.74, 6) is -0.551. The first-order chi connectivity index (χ1) is 13.0. The molecule has 0 aliphatic heterocycles. The van der Waals surface area contributed by atoms with Gasteiger partial charge in [-0.25, -0.2) is 14.1 Å². The summed E-state index contributed by atoms with van der Waals surface area (Å²) in [7, 11) is -7.69. The molecule has 3 rings (SSSR count). The molecule has 2 aromatic heterocycles. The minimum Gasteiger partial charge on any atom is -0.371 e. The number of fused-ring (bicyclic) bond motifs is 1. The van der Waals surface area contributed by atoms with Crippen molar-refractivity contribution < 1.29 is 37.8 Å². The van der Waals surface area contributed by atoms with E-state index in [1.54, 1.807) is 11.6 Å². The van der Waals surface area contributed by atoms with Crippen LogP contribution in [0.25, 0.3) is 11.2 Å². The first kappa shape index (κ1) is 21.6. The number of aromatic nitrogens is 4. The van der Waals surface area contributed by atoms with Crippen molar-refractivity contribution in [1.29, 1.82) is 0 Å². The molecule has 1 saturated carbocycles. The van der Waals surface area contributed by atoms with Gasteiger partial charge in [-0.05, 0) is 29.4 Å². The van der Waals surface area contributed by atoms with Crippen LogP contribution in [0.5, 0.6) is 0 Å². The molecular weight excluding hydrogens is 440 g/mol. The second kappa shape index (κ2) is 7.94. The van der Waals surface area contributed by atoms with Crippen LogP contribution in [-0.4, -0.2) is 59.4 Å². The highest BCUT2D eigenvalue weighted by Crippen LogP contribution is 2.52. The monoisotopic (exact) mass is 457 g/mol. The van der Waals surface area contributed by atoms with Crippen LogP contribution >= 0.6 is 27.2 Å². The molecule has 156 valence electrons. The maximum Gasteiger partial charge on any atom is 0.469 e. The van der Waals surface area contributed by atoms with Gasteiger partial charge >= 0.3 is 15.6 Å². The number of rotatable bonds is 9. The van der Waals surface area contributed by atoms with Crippen LogP contribution in [0.2, 0.25) is 5.28 Å². The van der Waals surface area contributed by atoms with Gasteiger partial charge in [0.1, 0.15) is 0 Å². The number of imidazole rings is 1. The Labute approximate surface area is 163 Å². The van der Waals surface area contributed by atoms with E-state index in [0.29, 0.717) is 23.5 Å². The molecule has 0 amide bonds. The Morgan fingerprint density at radius 2 is 1.68 bits per heavy atom. The van der Waals surface area contributed by atoms with Crippen LogP contribution in [-0.2, 0) is 24.7 Å². The van der Waals surface area contributed by atoms with Crippen molar-refractivity contribution in [2.24, 2.45) is 17.8 Å². The Kier molecular flexibility index (Phi) is 6.12. The van der Waals surface area contributed by atoms with Gasteiger partial charge in [-0.1, -0.05) is 0 Å². The third-order valence-corrected chi connectivity index (χ3v) is 5.60. The van der Waals surface area contributed by atoms with Crippen molar-refractivity contribution >= 4 is 44.2 Å². The lowest BCUT2D eigenvalue weighted by molar-refractivity contribution is 0.166. The van der Waals surface area contributed by atoms with Crippen LogP contribution in [0.15, 0.2) is 6.33 Å². The zero-order chi connectivity index (χ0) is 20.7. The van der Waals surface area contributed by atoms with E-state index in [1.165, 1.54) is 6.33 Å². The Morgan fingerprint density at radius 3 is 2.18 bits per heavy atom. The van der Waals surface area contributed by atoms with Crippen molar-refractivity contribution in [3.8, 4) is 0 Å². The summed E-state index contributed by atoms with van der Waals surface area (Å²) < 4.78 is 32.7. The van der Waals surface area contributed by atoms with Gasteiger partial charge in [0.15, 0.2) is 17.0 Å². The molecule has 16 heteroatoms. The Morgan fingerprint density at radius 1 is 1.11 bits per heavy atom. The first-order valence-corrected chi connectivity index (χ1v) is 11.4. The van der Waals surface area contributed by atoms with E-state index in [-0.39, 0.29) is 36.3 Å². The number of nitrogens with zero attached hydrogens (tertiary/aromatic N) is 4. The minimum atomic E-state index is -4.67. The van der Waals surface area contributed by atoms with E-state index in [2.05, 4.69) is 29.3 Å². The summed E-state index contributed by atoms with van der Waals surface area (Å²) in [5, 5.41) is 2.87. The Balaban J connectivity index is 1.78. The van der Waals surface area contributed by atoms with Crippen LogP contribution in [0.3, 0.4) is 0 Å². The summed E-state index contributed by atoms with van der Waals surface area (Å²) in [6.07, 6.45) is 1.51. The molecule has 0 spiro atoms. The van der Waals surface area contributed by atoms with E-state index in [9.17, 15) is 9.13 Å². The zero-order valence-electron chi connectivity index (χ0n) is 14.4. The highest BCUT2D eigenvalue weighted by Gasteiger charge is 2.51. The highest BCUT2D eigenvalue weighted by atomic mass is 35.5. The molecule has 0 bridgehead atoms. The standard InChI is InChI=1S/C12H18ClN5O8P2/c1-14-10-9-11(17-12(13)16-10)18(5-15-9)2-6-7(3-25-27(19,20)21)8(6)4-26-28(22,23)24/h5-8H,2-4H2,1H3,(H,14,16,17)(H2,19,20,21)(H2,22,23,24)/t6?,7-,8+. The fourth-order valence-corrected chi connectivity index (χ4v) is 4.01. The summed E-state index contributed by atoms with van der Waals surface area (Å²) >= 11 is 5.92. The van der Waals surface area contributed by atoms with Gasteiger partial charge in [-0.15, -0.1) is 0 Å². The molecule has 5 N–H and O–H groups in total. The van der Waals surface area contributed by atoms with Crippen molar-refractivity contribution in [2.75, 3.05) is 25.6 Å². The molecule has 2 heterocycles. The third-order valence-electron chi connectivity index (χ3n) is 4.46. The fourth-order valence-electron chi connectivity index (χ4n) is 3.11. The van der Waals surface area contributed by atoms with E-state index in [0.717, 1.165) is 0 Å². The van der Waals surface area contributed by atoms with Gasteiger partial charge in [-0.3, -0.25) is 9.05 Å². The second-order valence-corrected chi connectivity index (χ2v) is 9.04. The maximum absolute atomic E-state index is 11.0. The normalized spacial score (nSPS) is 22.6. The first-order valence-electron chi connectivity index (χ1n) is 7.95. The predicted octanol–water partition coefficient (Wildman–Crippen LogP) is 0.602. The summed E-state index contributed by atoms with van der Waals surface area (Å²) in [6, 6.07) is 0. The fraction of sp³-hybridized carbons (Fsp3) is 0.583. The van der Waals surface area contributed by atoms with E-state index < -0.39 is 15.6 Å². The van der Waals surface area contributed by atoms with Gasteiger partial charge in [0.2, 0.25) is 5.28 Å². The average molecular weight is 458 g/mol. The van der Waals surface area contributed by atoms with Crippen LogP contribution in [0, 0.1) is 17.8 Å². The second-order valence-electron chi connectivity index (χ2n) is 6.22.